The normalized spacial score (nSPS) is 15.9. The quantitative estimate of drug-likeness (QED) is 0.178. The van der Waals surface area contributed by atoms with Gasteiger partial charge in [-0.1, -0.05) is 11.8 Å². The lowest BCUT2D eigenvalue weighted by atomic mass is 10.1. The molecule has 20 heteroatoms. The van der Waals surface area contributed by atoms with Gasteiger partial charge in [0.2, 0.25) is 17.8 Å². The Kier molecular flexibility index (Phi) is 11.0. The van der Waals surface area contributed by atoms with Gasteiger partial charge in [0.15, 0.2) is 23.8 Å². The maximum atomic E-state index is 14.4. The molecular weight excluding hydrogens is 676 g/mol. The average molecular weight is 689 g/mol. The monoisotopic (exact) mass is 688 g/mol. The first-order valence-electron chi connectivity index (χ1n) is 11.0. The minimum absolute atomic E-state index is 0.194. The van der Waals surface area contributed by atoms with Crippen molar-refractivity contribution in [2.75, 3.05) is 0 Å². The van der Waals surface area contributed by atoms with Gasteiger partial charge in [0.25, 0.3) is 30.4 Å². The van der Waals surface area contributed by atoms with Crippen molar-refractivity contribution in [2.45, 2.75) is 15.1 Å². The Balaban J connectivity index is 0.000000420. The van der Waals surface area contributed by atoms with Crippen molar-refractivity contribution in [2.24, 2.45) is 0 Å². The molecule has 2 aromatic rings. The summed E-state index contributed by atoms with van der Waals surface area (Å²) in [5.74, 6) is -3.47. The largest absolute Gasteiger partial charge is 0.417 e. The molecule has 0 saturated carbocycles. The Labute approximate surface area is 251 Å². The van der Waals surface area contributed by atoms with E-state index in [4.69, 9.17) is 24.2 Å². The van der Waals surface area contributed by atoms with Gasteiger partial charge >= 0.3 is 10.0 Å². The van der Waals surface area contributed by atoms with Crippen molar-refractivity contribution in [1.29, 1.82) is 10.5 Å². The fourth-order valence-electron chi connectivity index (χ4n) is 3.22. The molecule has 1 aliphatic carbocycles. The molecular formula is C25H12F4N2O11S3. The Bertz CT molecular complexity index is 2110. The van der Waals surface area contributed by atoms with Crippen LogP contribution in [0.4, 0.5) is 17.6 Å². The molecule has 0 radical (unpaired) electrons. The van der Waals surface area contributed by atoms with Gasteiger partial charge < -0.3 is 4.74 Å². The van der Waals surface area contributed by atoms with E-state index in [0.717, 1.165) is 12.1 Å². The number of nitriles is 2. The molecule has 3 rings (SSSR count). The molecule has 1 atom stereocenters. The van der Waals surface area contributed by atoms with E-state index in [2.05, 4.69) is 22.5 Å². The highest BCUT2D eigenvalue weighted by Gasteiger charge is 2.70. The summed E-state index contributed by atoms with van der Waals surface area (Å²) in [6.07, 6.45) is -4.25. The minimum atomic E-state index is -6.56. The highest BCUT2D eigenvalue weighted by molar-refractivity contribution is 8.05. The summed E-state index contributed by atoms with van der Waals surface area (Å²) in [6.45, 7) is 0. The first kappa shape index (κ1) is 36.1. The number of hydrogen-bond acceptors (Lipinski definition) is 10. The molecule has 0 spiro atoms. The van der Waals surface area contributed by atoms with E-state index in [-0.39, 0.29) is 10.5 Å². The van der Waals surface area contributed by atoms with Gasteiger partial charge in [-0.2, -0.15) is 40.2 Å². The third-order valence-electron chi connectivity index (χ3n) is 5.23. The Morgan fingerprint density at radius 1 is 0.778 bits per heavy atom. The van der Waals surface area contributed by atoms with Crippen molar-refractivity contribution in [3.8, 4) is 35.8 Å². The van der Waals surface area contributed by atoms with Gasteiger partial charge in [-0.25, -0.2) is 18.0 Å². The van der Waals surface area contributed by atoms with E-state index < -0.39 is 75.4 Å². The Hall–Kier alpha value is -5.06. The zero-order valence-corrected chi connectivity index (χ0v) is 23.9. The molecule has 45 heavy (non-hydrogen) atoms. The SMILES string of the molecule is N#CC#Cc1ccc(C(=O)OC2=C(F)C(F)C(S(=O)(=O)O)(S(=O)(=O)O)C(F)=C2F)cc1.N#CC#Cc1ccc(S(=O)(=O)O)cc1. The molecule has 1 unspecified atom stereocenters. The highest BCUT2D eigenvalue weighted by atomic mass is 32.3. The number of rotatable bonds is 5. The summed E-state index contributed by atoms with van der Waals surface area (Å²) < 4.78 is 150. The van der Waals surface area contributed by atoms with Crippen molar-refractivity contribution in [1.82, 2.24) is 0 Å². The van der Waals surface area contributed by atoms with Gasteiger partial charge in [-0.05, 0) is 48.5 Å². The molecule has 0 heterocycles. The number of carbonyl (C=O) groups is 1. The molecule has 234 valence electrons. The van der Waals surface area contributed by atoms with Crippen LogP contribution in [0.2, 0.25) is 0 Å². The lowest BCUT2D eigenvalue weighted by Crippen LogP contribution is -2.56. The maximum Gasteiger partial charge on any atom is 0.343 e. The average Bonchev–Trinajstić information content (AvgIpc) is 2.95. The second-order valence-electron chi connectivity index (χ2n) is 7.98. The molecule has 0 bridgehead atoms. The molecule has 0 fully saturated rings. The van der Waals surface area contributed by atoms with Crippen LogP contribution in [-0.4, -0.2) is 55.1 Å². The molecule has 0 aliphatic heterocycles. The van der Waals surface area contributed by atoms with Crippen molar-refractivity contribution >= 4 is 36.3 Å². The summed E-state index contributed by atoms with van der Waals surface area (Å²) >= 11 is 0. The van der Waals surface area contributed by atoms with Crippen LogP contribution in [0.3, 0.4) is 0 Å². The van der Waals surface area contributed by atoms with Crippen LogP contribution in [0.25, 0.3) is 0 Å². The van der Waals surface area contributed by atoms with Crippen molar-refractivity contribution < 1.29 is 66.0 Å². The smallest absolute Gasteiger partial charge is 0.343 e. The van der Waals surface area contributed by atoms with Crippen LogP contribution >= 0.6 is 0 Å². The summed E-state index contributed by atoms with van der Waals surface area (Å²) in [5, 5.41) is 16.5. The van der Waals surface area contributed by atoms with Crippen LogP contribution < -0.4 is 0 Å². The zero-order chi connectivity index (χ0) is 34.4. The van der Waals surface area contributed by atoms with E-state index >= 15 is 0 Å². The van der Waals surface area contributed by atoms with E-state index in [9.17, 15) is 47.6 Å². The lowest BCUT2D eigenvalue weighted by Gasteiger charge is -2.31. The van der Waals surface area contributed by atoms with Crippen molar-refractivity contribution in [3.63, 3.8) is 0 Å². The van der Waals surface area contributed by atoms with Gasteiger partial charge in [0.1, 0.15) is 0 Å². The van der Waals surface area contributed by atoms with Gasteiger partial charge in [-0.15, -0.1) is 0 Å². The topological polar surface area (TPSA) is 237 Å². The second kappa shape index (κ2) is 13.7. The molecule has 0 amide bonds. The first-order valence-corrected chi connectivity index (χ1v) is 15.3. The minimum Gasteiger partial charge on any atom is -0.417 e. The van der Waals surface area contributed by atoms with Gasteiger partial charge in [-0.3, -0.25) is 13.7 Å². The number of benzene rings is 2. The summed E-state index contributed by atoms with van der Waals surface area (Å²) in [6, 6.07) is 12.7. The Morgan fingerprint density at radius 3 is 1.58 bits per heavy atom. The molecule has 3 N–H and O–H groups in total. The molecule has 2 aromatic carbocycles. The van der Waals surface area contributed by atoms with Crippen LogP contribution in [0.1, 0.15) is 21.5 Å². The second-order valence-corrected chi connectivity index (χ2v) is 12.8. The van der Waals surface area contributed by atoms with Crippen LogP contribution in [-0.2, 0) is 35.1 Å². The summed E-state index contributed by atoms with van der Waals surface area (Å²) in [7, 11) is -17.3. The number of ether oxygens (including phenoxy) is 1. The van der Waals surface area contributed by atoms with Gasteiger partial charge in [0.05, 0.1) is 10.5 Å². The Morgan fingerprint density at radius 2 is 1.20 bits per heavy atom. The van der Waals surface area contributed by atoms with E-state index in [1.165, 1.54) is 42.5 Å². The predicted octanol–water partition coefficient (Wildman–Crippen LogP) is 2.68. The predicted molar refractivity (Wildman–Crippen MR) is 141 cm³/mol. The maximum absolute atomic E-state index is 14.4. The van der Waals surface area contributed by atoms with Gasteiger partial charge in [0, 0.05) is 23.0 Å². The fraction of sp³-hybridized carbons (Fsp3) is 0.0800. The number of hydrogen-bond donors (Lipinski definition) is 3. The van der Waals surface area contributed by atoms with Crippen LogP contribution in [0.15, 0.2) is 76.7 Å². The van der Waals surface area contributed by atoms with Crippen LogP contribution in [0, 0.1) is 46.3 Å². The number of esters is 1. The number of nitrogens with zero attached hydrogens (tertiary/aromatic N) is 2. The molecule has 13 nitrogen and oxygen atoms in total. The van der Waals surface area contributed by atoms with Crippen molar-refractivity contribution in [3.05, 3.63) is 88.5 Å². The number of allylic oxidation sites excluding steroid dienone is 2. The van der Waals surface area contributed by atoms with E-state index in [0.29, 0.717) is 5.56 Å². The molecule has 0 aromatic heterocycles. The molecule has 0 saturated heterocycles. The van der Waals surface area contributed by atoms with E-state index in [1.807, 2.05) is 5.92 Å². The fourth-order valence-corrected chi connectivity index (χ4v) is 6.12. The third kappa shape index (κ3) is 7.72. The summed E-state index contributed by atoms with van der Waals surface area (Å²) in [5.41, 5.74) is 0.292. The number of carbonyl (C=O) groups excluding carboxylic acids is 1. The molecule has 1 aliphatic rings. The zero-order valence-electron chi connectivity index (χ0n) is 21.4. The third-order valence-corrected chi connectivity index (χ3v) is 9.67. The number of alkyl halides is 1. The van der Waals surface area contributed by atoms with E-state index in [1.54, 1.807) is 6.07 Å². The number of halogens is 4. The standard InChI is InChI=1S/C16H7F4NO8S2.C9H5NO3S/c17-10-12(29-15(22)9-5-3-8(4-6-9)2-1-7-21)11(18)14(20)16(13(10)19,30(23,24)25)31(26,27)28;10-7-1-2-8-3-5-9(6-4-8)14(11,12)13/h3-6,13H,(H,23,24,25)(H,26,27,28);3-6H,(H,11,12,13). The highest BCUT2D eigenvalue weighted by Crippen LogP contribution is 2.48. The summed E-state index contributed by atoms with van der Waals surface area (Å²) in [4.78, 5) is 11.8. The first-order chi connectivity index (χ1) is 20.7. The lowest BCUT2D eigenvalue weighted by molar-refractivity contribution is 0.0596. The van der Waals surface area contributed by atoms with Crippen LogP contribution in [0.5, 0.6) is 0 Å².